The standard InChI is InChI=1S/C34H42N6O6S/c1-21-8-4-5-9-23-19-34(23,31(43)38-47(44,45)33(3)12-13-33)37-29(42)27-18-24(20-40(27)28(41)17-22(2)16-21)46-30-25-10-6-7-11-26(25)39-15-14-35-32(39)36-30/h5-7,9-11,14-15,21-24,27H,4,8,12-13,16-20H2,1-3H3,(H,37,42)(H,38,43)/b9-5-/t21-,22-,23-,24-,27+,34-/m1/s1. The molecule has 3 amide bonds. The van der Waals surface area contributed by atoms with Crippen LogP contribution in [0.5, 0.6) is 5.88 Å². The maximum Gasteiger partial charge on any atom is 0.259 e. The molecule has 2 aliphatic heterocycles. The highest BCUT2D eigenvalue weighted by Gasteiger charge is 2.63. The number of rotatable bonds is 5. The number of para-hydroxylation sites is 1. The van der Waals surface area contributed by atoms with E-state index in [0.29, 0.717) is 30.4 Å². The molecule has 47 heavy (non-hydrogen) atoms. The quantitative estimate of drug-likeness (QED) is 0.394. The van der Waals surface area contributed by atoms with E-state index in [4.69, 9.17) is 4.74 Å². The topological polar surface area (TPSA) is 152 Å². The summed E-state index contributed by atoms with van der Waals surface area (Å²) in [6, 6.07) is 6.77. The maximum absolute atomic E-state index is 14.1. The van der Waals surface area contributed by atoms with Gasteiger partial charge in [0.05, 0.1) is 22.2 Å². The van der Waals surface area contributed by atoms with Gasteiger partial charge < -0.3 is 15.0 Å². The molecule has 2 aromatic heterocycles. The van der Waals surface area contributed by atoms with Crippen LogP contribution in [0.3, 0.4) is 0 Å². The van der Waals surface area contributed by atoms with Gasteiger partial charge in [0.15, 0.2) is 0 Å². The number of imidazole rings is 1. The first-order valence-corrected chi connectivity index (χ1v) is 18.1. The van der Waals surface area contributed by atoms with Gasteiger partial charge in [-0.2, -0.15) is 4.98 Å². The van der Waals surface area contributed by atoms with E-state index >= 15 is 0 Å². The van der Waals surface area contributed by atoms with Crippen LogP contribution >= 0.6 is 0 Å². The number of allylic oxidation sites excluding steroid dienone is 1. The lowest BCUT2D eigenvalue weighted by Crippen LogP contribution is -2.57. The fourth-order valence-corrected chi connectivity index (χ4v) is 8.56. The highest BCUT2D eigenvalue weighted by Crippen LogP contribution is 2.47. The highest BCUT2D eigenvalue weighted by molar-refractivity contribution is 7.91. The molecular formula is C34H42N6O6S. The molecule has 7 rings (SSSR count). The molecule has 12 nitrogen and oxygen atoms in total. The number of nitrogens with zero attached hydrogens (tertiary/aromatic N) is 4. The lowest BCUT2D eigenvalue weighted by atomic mass is 9.91. The van der Waals surface area contributed by atoms with Crippen molar-refractivity contribution in [1.82, 2.24) is 29.3 Å². The second kappa shape index (κ2) is 11.6. The number of fused-ring (bicyclic) bond motifs is 5. The van der Waals surface area contributed by atoms with E-state index in [1.54, 1.807) is 18.0 Å². The Morgan fingerprint density at radius 3 is 2.70 bits per heavy atom. The molecule has 0 bridgehead atoms. The SMILES string of the molecule is C[C@@H]1CC/C=C\[C@@H]2C[C@@]2(C(=O)NS(=O)(=O)C2(C)CC2)NC(=O)[C@@H]2C[C@@H](Oc3nc4nccn4c4ccccc34)CN2C(=O)C[C@H](C)C1. The van der Waals surface area contributed by atoms with E-state index in [-0.39, 0.29) is 43.6 Å². The summed E-state index contributed by atoms with van der Waals surface area (Å²) in [5, 5.41) is 3.71. The molecule has 2 N–H and O–H groups in total. The van der Waals surface area contributed by atoms with E-state index in [0.717, 1.165) is 30.2 Å². The van der Waals surface area contributed by atoms with Crippen LogP contribution in [0.25, 0.3) is 16.7 Å². The number of nitrogens with one attached hydrogen (secondary N) is 2. The minimum atomic E-state index is -3.92. The lowest BCUT2D eigenvalue weighted by Gasteiger charge is -2.28. The second-order valence-electron chi connectivity index (χ2n) is 14.4. The Kier molecular flexibility index (Phi) is 7.80. The molecule has 2 saturated carbocycles. The van der Waals surface area contributed by atoms with Crippen LogP contribution in [-0.2, 0) is 24.4 Å². The van der Waals surface area contributed by atoms with Gasteiger partial charge in [0.2, 0.25) is 33.5 Å². The molecular weight excluding hydrogens is 620 g/mol. The van der Waals surface area contributed by atoms with Gasteiger partial charge in [-0.3, -0.25) is 23.5 Å². The molecule has 4 heterocycles. The molecule has 4 aliphatic rings. The molecule has 6 atom stereocenters. The average Bonchev–Trinajstić information content (AvgIpc) is 3.80. The summed E-state index contributed by atoms with van der Waals surface area (Å²) >= 11 is 0. The van der Waals surface area contributed by atoms with E-state index in [1.165, 1.54) is 0 Å². The van der Waals surface area contributed by atoms with E-state index in [9.17, 15) is 22.8 Å². The summed E-state index contributed by atoms with van der Waals surface area (Å²) in [6.07, 6.45) is 11.2. The Morgan fingerprint density at radius 1 is 1.13 bits per heavy atom. The third kappa shape index (κ3) is 5.87. The molecule has 0 spiro atoms. The van der Waals surface area contributed by atoms with Gasteiger partial charge in [0.25, 0.3) is 5.91 Å². The average molecular weight is 663 g/mol. The van der Waals surface area contributed by atoms with Gasteiger partial charge in [0.1, 0.15) is 17.7 Å². The third-order valence-corrected chi connectivity index (χ3v) is 12.7. The molecule has 13 heteroatoms. The smallest absolute Gasteiger partial charge is 0.259 e. The van der Waals surface area contributed by atoms with E-state index < -0.39 is 44.3 Å². The van der Waals surface area contributed by atoms with Crippen molar-refractivity contribution in [3.05, 3.63) is 48.8 Å². The predicted molar refractivity (Wildman–Crippen MR) is 175 cm³/mol. The Hall–Kier alpha value is -4.00. The number of carbonyl (C=O) groups excluding carboxylic acids is 3. The number of carbonyl (C=O) groups is 3. The number of benzene rings is 1. The first kappa shape index (κ1) is 31.6. The summed E-state index contributed by atoms with van der Waals surface area (Å²) < 4.78 is 35.7. The Balaban J connectivity index is 1.18. The maximum atomic E-state index is 14.1. The first-order chi connectivity index (χ1) is 22.4. The second-order valence-corrected chi connectivity index (χ2v) is 16.6. The van der Waals surface area contributed by atoms with Gasteiger partial charge in [-0.1, -0.05) is 38.1 Å². The van der Waals surface area contributed by atoms with Crippen LogP contribution in [0.4, 0.5) is 0 Å². The first-order valence-electron chi connectivity index (χ1n) is 16.6. The van der Waals surface area contributed by atoms with Gasteiger partial charge in [-0.15, -0.1) is 0 Å². The van der Waals surface area contributed by atoms with E-state index in [2.05, 4.69) is 33.9 Å². The van der Waals surface area contributed by atoms with Gasteiger partial charge in [0, 0.05) is 31.2 Å². The van der Waals surface area contributed by atoms with Crippen LogP contribution in [0.1, 0.15) is 72.1 Å². The molecule has 3 aromatic rings. The third-order valence-electron chi connectivity index (χ3n) is 10.5. The molecule has 1 aromatic carbocycles. The monoisotopic (exact) mass is 662 g/mol. The summed E-state index contributed by atoms with van der Waals surface area (Å²) in [5.41, 5.74) is -0.548. The zero-order chi connectivity index (χ0) is 33.1. The normalized spacial score (nSPS) is 31.6. The van der Waals surface area contributed by atoms with Gasteiger partial charge in [-0.25, -0.2) is 13.4 Å². The van der Waals surface area contributed by atoms with Crippen LogP contribution in [0, 0.1) is 17.8 Å². The number of sulfonamides is 1. The van der Waals surface area contributed by atoms with Crippen molar-refractivity contribution < 1.29 is 27.5 Å². The largest absolute Gasteiger partial charge is 0.472 e. The van der Waals surface area contributed by atoms with Crippen LogP contribution in [-0.4, -0.2) is 74.4 Å². The highest BCUT2D eigenvalue weighted by atomic mass is 32.2. The van der Waals surface area contributed by atoms with Crippen molar-refractivity contribution in [2.75, 3.05) is 6.54 Å². The Bertz CT molecular complexity index is 1890. The number of hydrogen-bond donors (Lipinski definition) is 2. The van der Waals surface area contributed by atoms with Crippen molar-refractivity contribution in [2.45, 2.75) is 94.6 Å². The lowest BCUT2D eigenvalue weighted by molar-refractivity contribution is -0.140. The van der Waals surface area contributed by atoms with Crippen molar-refractivity contribution in [3.63, 3.8) is 0 Å². The summed E-state index contributed by atoms with van der Waals surface area (Å²) in [6.45, 7) is 6.02. The Labute approximate surface area is 274 Å². The van der Waals surface area contributed by atoms with E-state index in [1.807, 2.05) is 47.0 Å². The summed E-state index contributed by atoms with van der Waals surface area (Å²) in [4.78, 5) is 52.2. The Morgan fingerprint density at radius 2 is 1.91 bits per heavy atom. The summed E-state index contributed by atoms with van der Waals surface area (Å²) in [7, 11) is -3.92. The zero-order valence-electron chi connectivity index (χ0n) is 27.0. The number of aromatic nitrogens is 3. The predicted octanol–water partition coefficient (Wildman–Crippen LogP) is 3.51. The fourth-order valence-electron chi connectivity index (χ4n) is 7.25. The minimum Gasteiger partial charge on any atom is -0.472 e. The minimum absolute atomic E-state index is 0.114. The van der Waals surface area contributed by atoms with Crippen molar-refractivity contribution in [1.29, 1.82) is 0 Å². The van der Waals surface area contributed by atoms with Crippen molar-refractivity contribution >= 4 is 44.4 Å². The van der Waals surface area contributed by atoms with Crippen LogP contribution in [0.15, 0.2) is 48.8 Å². The molecule has 250 valence electrons. The van der Waals surface area contributed by atoms with Crippen molar-refractivity contribution in [2.24, 2.45) is 17.8 Å². The van der Waals surface area contributed by atoms with Crippen LogP contribution in [0.2, 0.25) is 0 Å². The number of hydrogen-bond acceptors (Lipinski definition) is 8. The molecule has 3 fully saturated rings. The zero-order valence-corrected chi connectivity index (χ0v) is 27.8. The van der Waals surface area contributed by atoms with Crippen molar-refractivity contribution in [3.8, 4) is 5.88 Å². The van der Waals surface area contributed by atoms with Crippen LogP contribution < -0.4 is 14.8 Å². The molecule has 0 unspecified atom stereocenters. The number of amides is 3. The fraction of sp³-hybridized carbons (Fsp3) is 0.559. The molecule has 1 saturated heterocycles. The molecule has 2 aliphatic carbocycles. The molecule has 0 radical (unpaired) electrons. The van der Waals surface area contributed by atoms with Gasteiger partial charge >= 0.3 is 0 Å². The number of ether oxygens (including phenoxy) is 1. The van der Waals surface area contributed by atoms with Gasteiger partial charge in [-0.05, 0) is 69.4 Å². The summed E-state index contributed by atoms with van der Waals surface area (Å²) in [5.74, 6) is -0.406.